The summed E-state index contributed by atoms with van der Waals surface area (Å²) in [6.45, 7) is 1.41. The lowest BCUT2D eigenvalue weighted by molar-refractivity contribution is -0.139. The summed E-state index contributed by atoms with van der Waals surface area (Å²) in [6, 6.07) is 1.30. The number of carbonyl (C=O) groups is 1. The Morgan fingerprint density at radius 1 is 1.48 bits per heavy atom. The van der Waals surface area contributed by atoms with Crippen molar-refractivity contribution >= 4 is 11.8 Å². The normalized spacial score (nSPS) is 26.4. The Morgan fingerprint density at radius 3 is 2.74 bits per heavy atom. The maximum atomic E-state index is 13.2. The first-order chi connectivity index (χ1) is 10.7. The molecule has 122 valence electrons. The van der Waals surface area contributed by atoms with Crippen LogP contribution in [0.5, 0.6) is 0 Å². The van der Waals surface area contributed by atoms with Crippen LogP contribution in [0.2, 0.25) is 0 Å². The van der Waals surface area contributed by atoms with E-state index < -0.39 is 29.3 Å². The van der Waals surface area contributed by atoms with Crippen LogP contribution in [0.4, 0.5) is 19.0 Å². The number of pyridine rings is 1. The Kier molecular flexibility index (Phi) is 3.47. The first-order valence-electron chi connectivity index (χ1n) is 7.24. The van der Waals surface area contributed by atoms with Gasteiger partial charge in [-0.25, -0.2) is 9.78 Å². The van der Waals surface area contributed by atoms with E-state index in [1.807, 2.05) is 0 Å². The highest BCUT2D eigenvalue weighted by Gasteiger charge is 2.51. The van der Waals surface area contributed by atoms with E-state index >= 15 is 0 Å². The number of aliphatic carboxylic acids is 1. The number of aryl methyl sites for hydroxylation is 1. The molecule has 2 heterocycles. The number of nitriles is 1. The summed E-state index contributed by atoms with van der Waals surface area (Å²) >= 11 is 0. The van der Waals surface area contributed by atoms with E-state index in [0.29, 0.717) is 12.8 Å². The molecular formula is C15H14F3N3O2. The number of carboxylic acid groups (broad SMARTS) is 1. The molecule has 2 bridgehead atoms. The minimum absolute atomic E-state index is 0.109. The molecule has 1 aliphatic heterocycles. The third kappa shape index (κ3) is 2.40. The van der Waals surface area contributed by atoms with E-state index in [1.54, 1.807) is 6.07 Å². The van der Waals surface area contributed by atoms with Crippen LogP contribution in [0, 0.1) is 24.2 Å². The molecule has 23 heavy (non-hydrogen) atoms. The SMILES string of the molecule is Cc1cc(C(F)(F)F)c(C#N)c(N2[C@@H]3CC[C@@H](C3)[C@H]2C(=O)O)n1. The molecule has 3 atom stereocenters. The Bertz CT molecular complexity index is 711. The highest BCUT2D eigenvalue weighted by molar-refractivity contribution is 5.81. The maximum Gasteiger partial charge on any atom is 0.417 e. The first kappa shape index (κ1) is 15.6. The van der Waals surface area contributed by atoms with Crippen LogP contribution in [-0.4, -0.2) is 28.1 Å². The molecule has 2 aliphatic rings. The van der Waals surface area contributed by atoms with Gasteiger partial charge in [0, 0.05) is 11.7 Å². The van der Waals surface area contributed by atoms with Gasteiger partial charge >= 0.3 is 12.1 Å². The van der Waals surface area contributed by atoms with Crippen molar-refractivity contribution < 1.29 is 23.1 Å². The zero-order valence-corrected chi connectivity index (χ0v) is 12.3. The van der Waals surface area contributed by atoms with Gasteiger partial charge in [-0.2, -0.15) is 18.4 Å². The van der Waals surface area contributed by atoms with Crippen LogP contribution in [0.3, 0.4) is 0 Å². The number of carboxylic acids is 1. The van der Waals surface area contributed by atoms with Crippen molar-refractivity contribution in [1.82, 2.24) is 4.98 Å². The van der Waals surface area contributed by atoms with Crippen LogP contribution in [0.25, 0.3) is 0 Å². The van der Waals surface area contributed by atoms with E-state index in [0.717, 1.165) is 12.5 Å². The van der Waals surface area contributed by atoms with E-state index in [-0.39, 0.29) is 23.5 Å². The monoisotopic (exact) mass is 325 g/mol. The largest absolute Gasteiger partial charge is 0.480 e. The fourth-order valence-electron chi connectivity index (χ4n) is 3.79. The lowest BCUT2D eigenvalue weighted by Gasteiger charge is -2.34. The Balaban J connectivity index is 2.18. The molecule has 1 aromatic heterocycles. The summed E-state index contributed by atoms with van der Waals surface area (Å²) in [7, 11) is 0. The molecule has 0 unspecified atom stereocenters. The fraction of sp³-hybridized carbons (Fsp3) is 0.533. The van der Waals surface area contributed by atoms with Crippen molar-refractivity contribution in [1.29, 1.82) is 5.26 Å². The minimum atomic E-state index is -4.69. The minimum Gasteiger partial charge on any atom is -0.480 e. The second-order valence-corrected chi connectivity index (χ2v) is 6.04. The van der Waals surface area contributed by atoms with Gasteiger partial charge in [0.15, 0.2) is 0 Å². The summed E-state index contributed by atoms with van der Waals surface area (Å²) in [5.41, 5.74) is -1.55. The highest BCUT2D eigenvalue weighted by Crippen LogP contribution is 2.46. The van der Waals surface area contributed by atoms with Gasteiger partial charge in [0.1, 0.15) is 23.5 Å². The smallest absolute Gasteiger partial charge is 0.417 e. The first-order valence-corrected chi connectivity index (χ1v) is 7.24. The van der Waals surface area contributed by atoms with Crippen LogP contribution in [0.1, 0.15) is 36.1 Å². The van der Waals surface area contributed by atoms with Crippen molar-refractivity contribution in [3.05, 3.63) is 22.9 Å². The summed E-state index contributed by atoms with van der Waals surface area (Å²) in [4.78, 5) is 17.1. The predicted molar refractivity (Wildman–Crippen MR) is 73.7 cm³/mol. The zero-order chi connectivity index (χ0) is 16.9. The van der Waals surface area contributed by atoms with Crippen molar-refractivity contribution in [3.63, 3.8) is 0 Å². The quantitative estimate of drug-likeness (QED) is 0.904. The number of nitrogens with zero attached hydrogens (tertiary/aromatic N) is 3. The van der Waals surface area contributed by atoms with Crippen molar-refractivity contribution in [3.8, 4) is 6.07 Å². The number of hydrogen-bond acceptors (Lipinski definition) is 4. The molecule has 5 nitrogen and oxygen atoms in total. The third-order valence-electron chi connectivity index (χ3n) is 4.63. The molecule has 8 heteroatoms. The maximum absolute atomic E-state index is 13.2. The van der Waals surface area contributed by atoms with Gasteiger partial charge in [0.05, 0.1) is 5.56 Å². The lowest BCUT2D eigenvalue weighted by atomic mass is 9.98. The van der Waals surface area contributed by atoms with Gasteiger partial charge in [0.25, 0.3) is 0 Å². The molecule has 1 saturated heterocycles. The van der Waals surface area contributed by atoms with Crippen LogP contribution >= 0.6 is 0 Å². The van der Waals surface area contributed by atoms with E-state index in [4.69, 9.17) is 0 Å². The molecule has 1 aromatic rings. The van der Waals surface area contributed by atoms with Gasteiger partial charge in [-0.15, -0.1) is 0 Å². The van der Waals surface area contributed by atoms with E-state index in [9.17, 15) is 28.3 Å². The van der Waals surface area contributed by atoms with Gasteiger partial charge in [-0.05, 0) is 38.2 Å². The number of rotatable bonds is 2. The van der Waals surface area contributed by atoms with Crippen LogP contribution < -0.4 is 4.90 Å². The molecule has 1 N–H and O–H groups in total. The number of fused-ring (bicyclic) bond motifs is 2. The fourth-order valence-corrected chi connectivity index (χ4v) is 3.79. The van der Waals surface area contributed by atoms with E-state index in [1.165, 1.54) is 11.8 Å². The number of piperidine rings is 1. The topological polar surface area (TPSA) is 77.2 Å². The Labute approximate surface area is 130 Å². The average molecular weight is 325 g/mol. The van der Waals surface area contributed by atoms with Crippen molar-refractivity contribution in [2.75, 3.05) is 4.90 Å². The Hall–Kier alpha value is -2.30. The molecule has 0 aromatic carbocycles. The van der Waals surface area contributed by atoms with Crippen molar-refractivity contribution in [2.24, 2.45) is 5.92 Å². The standard InChI is InChI=1S/C15H14F3N3O2/c1-7-4-11(15(16,17)18)10(6-19)13(20-7)21-9-3-2-8(5-9)12(21)14(22)23/h4,8-9,12H,2-3,5H2,1H3,(H,22,23)/t8-,9+,12-/m0/s1. The number of halogens is 3. The molecule has 2 fully saturated rings. The molecule has 0 amide bonds. The highest BCUT2D eigenvalue weighted by atomic mass is 19.4. The van der Waals surface area contributed by atoms with Gasteiger partial charge in [-0.1, -0.05) is 0 Å². The number of alkyl halides is 3. The lowest BCUT2D eigenvalue weighted by Crippen LogP contribution is -2.47. The van der Waals surface area contributed by atoms with Gasteiger partial charge < -0.3 is 10.0 Å². The van der Waals surface area contributed by atoms with Gasteiger partial charge in [0.2, 0.25) is 0 Å². The van der Waals surface area contributed by atoms with Crippen LogP contribution in [-0.2, 0) is 11.0 Å². The molecule has 0 spiro atoms. The van der Waals surface area contributed by atoms with Crippen LogP contribution in [0.15, 0.2) is 6.07 Å². The molecule has 3 rings (SSSR count). The Morgan fingerprint density at radius 2 is 2.17 bits per heavy atom. The summed E-state index contributed by atoms with van der Waals surface area (Å²) in [5, 5.41) is 18.7. The predicted octanol–water partition coefficient (Wildman–Crippen LogP) is 2.72. The molecule has 1 saturated carbocycles. The molecule has 0 radical (unpaired) electrons. The second kappa shape index (κ2) is 5.11. The number of anilines is 1. The number of hydrogen-bond donors (Lipinski definition) is 1. The average Bonchev–Trinajstić information content (AvgIpc) is 3.05. The van der Waals surface area contributed by atoms with Crippen molar-refractivity contribution in [2.45, 2.75) is 44.4 Å². The summed E-state index contributed by atoms with van der Waals surface area (Å²) < 4.78 is 39.6. The summed E-state index contributed by atoms with van der Waals surface area (Å²) in [5.74, 6) is -1.35. The molecular weight excluding hydrogens is 311 g/mol. The zero-order valence-electron chi connectivity index (χ0n) is 12.3. The second-order valence-electron chi connectivity index (χ2n) is 6.04. The summed E-state index contributed by atoms with van der Waals surface area (Å²) in [6.07, 6.45) is -2.64. The van der Waals surface area contributed by atoms with E-state index in [2.05, 4.69) is 4.98 Å². The third-order valence-corrected chi connectivity index (χ3v) is 4.63. The number of aromatic nitrogens is 1. The molecule has 1 aliphatic carbocycles. The van der Waals surface area contributed by atoms with Gasteiger partial charge in [-0.3, -0.25) is 0 Å².